The molecule has 0 saturated heterocycles. The second-order valence-electron chi connectivity index (χ2n) is 13.3. The Morgan fingerprint density at radius 2 is 1.79 bits per heavy atom. The smallest absolute Gasteiger partial charge is 0.196 e. The molecular weight excluding hydrogens is 550 g/mol. The Morgan fingerprint density at radius 1 is 1.14 bits per heavy atom. The third kappa shape index (κ3) is 9.88. The number of aliphatic hydroxyl groups excluding tert-OH is 1. The van der Waals surface area contributed by atoms with Crippen LogP contribution in [0.1, 0.15) is 77.6 Å². The van der Waals surface area contributed by atoms with Gasteiger partial charge in [-0.25, -0.2) is 4.98 Å². The van der Waals surface area contributed by atoms with Crippen molar-refractivity contribution in [2.75, 3.05) is 20.8 Å². The van der Waals surface area contributed by atoms with Crippen molar-refractivity contribution in [3.05, 3.63) is 60.3 Å². The summed E-state index contributed by atoms with van der Waals surface area (Å²) in [5.74, 6) is 0.873. The molecule has 8 nitrogen and oxygen atoms in total. The average molecular weight is 604 g/mol. The molecule has 0 radical (unpaired) electrons. The lowest BCUT2D eigenvalue weighted by atomic mass is 9.76. The molecule has 236 valence electrons. The summed E-state index contributed by atoms with van der Waals surface area (Å²) < 4.78 is 29.3. The van der Waals surface area contributed by atoms with Crippen molar-refractivity contribution in [3.8, 4) is 5.75 Å². The first-order valence-corrected chi connectivity index (χ1v) is 17.6. The molecule has 1 aromatic carbocycles. The fraction of sp³-hybridized carbons (Fsp3) is 0.636. The molecule has 0 amide bonds. The Balaban J connectivity index is 2.14. The van der Waals surface area contributed by atoms with Gasteiger partial charge in [-0.05, 0) is 42.2 Å². The first-order chi connectivity index (χ1) is 19.5. The molecule has 0 aliphatic heterocycles. The van der Waals surface area contributed by atoms with Gasteiger partial charge < -0.3 is 28.2 Å². The first-order valence-electron chi connectivity index (χ1n) is 14.7. The average Bonchev–Trinajstić information content (AvgIpc) is 3.39. The predicted molar refractivity (Wildman–Crippen MR) is 168 cm³/mol. The summed E-state index contributed by atoms with van der Waals surface area (Å²) in [6.07, 6.45) is 2.74. The third-order valence-electron chi connectivity index (χ3n) is 8.60. The highest BCUT2D eigenvalue weighted by molar-refractivity contribution is 6.74. The molecule has 0 aliphatic carbocycles. The van der Waals surface area contributed by atoms with E-state index >= 15 is 0 Å². The minimum atomic E-state index is -2.26. The number of methoxy groups -OCH3 is 2. The van der Waals surface area contributed by atoms with Gasteiger partial charge in [0.1, 0.15) is 29.6 Å². The molecule has 0 saturated carbocycles. The third-order valence-corrected chi connectivity index (χ3v) is 13.1. The minimum Gasteiger partial charge on any atom is -0.497 e. The standard InChI is InChI=1S/C33H53NO7Si/c1-12-13-28(38-9)26-22-40-31(34-26)19-30(41-42(10,11)32(3,4)5)33(6,7)29(36)18-27(35)23(2)20-39-21-24-14-16-25(37-8)17-15-24/h12,14-17,22-23,28-30,36H,1,13,18-21H2,2-11H3/t23-,28-,29-,30-/m0/s1. The summed E-state index contributed by atoms with van der Waals surface area (Å²) in [6.45, 7) is 21.1. The molecule has 0 bridgehead atoms. The maximum absolute atomic E-state index is 13.2. The van der Waals surface area contributed by atoms with Gasteiger partial charge in [-0.1, -0.05) is 59.8 Å². The van der Waals surface area contributed by atoms with E-state index in [1.165, 1.54) is 0 Å². The highest BCUT2D eigenvalue weighted by Crippen LogP contribution is 2.42. The SMILES string of the molecule is C=CC[C@H](OC)c1coc(C[C@H](O[Si](C)(C)C(C)(C)C)C(C)(C)[C@@H](O)CC(=O)[C@@H](C)COCc2ccc(OC)cc2)n1. The summed E-state index contributed by atoms with van der Waals surface area (Å²) in [6, 6.07) is 7.63. The van der Waals surface area contributed by atoms with Crippen LogP contribution in [-0.4, -0.2) is 57.2 Å². The van der Waals surface area contributed by atoms with Crippen LogP contribution in [0.25, 0.3) is 0 Å². The predicted octanol–water partition coefficient (Wildman–Crippen LogP) is 7.08. The summed E-state index contributed by atoms with van der Waals surface area (Å²) >= 11 is 0. The number of aliphatic hydroxyl groups is 1. The number of ketones is 1. The maximum atomic E-state index is 13.2. The summed E-state index contributed by atoms with van der Waals surface area (Å²) in [7, 11) is 0.999. The second kappa shape index (κ2) is 15.4. The fourth-order valence-corrected chi connectivity index (χ4v) is 5.69. The summed E-state index contributed by atoms with van der Waals surface area (Å²) in [5, 5.41) is 11.4. The lowest BCUT2D eigenvalue weighted by Gasteiger charge is -2.45. The van der Waals surface area contributed by atoms with Crippen molar-refractivity contribution in [1.82, 2.24) is 4.98 Å². The summed E-state index contributed by atoms with van der Waals surface area (Å²) in [4.78, 5) is 17.9. The molecule has 42 heavy (non-hydrogen) atoms. The van der Waals surface area contributed by atoms with Crippen molar-refractivity contribution < 1.29 is 33.0 Å². The number of hydrogen-bond donors (Lipinski definition) is 1. The van der Waals surface area contributed by atoms with E-state index in [-0.39, 0.29) is 35.9 Å². The van der Waals surface area contributed by atoms with E-state index < -0.39 is 25.9 Å². The van der Waals surface area contributed by atoms with Gasteiger partial charge in [-0.15, -0.1) is 6.58 Å². The molecule has 0 spiro atoms. The van der Waals surface area contributed by atoms with E-state index in [2.05, 4.69) is 45.4 Å². The van der Waals surface area contributed by atoms with Crippen LogP contribution in [0.3, 0.4) is 0 Å². The van der Waals surface area contributed by atoms with Gasteiger partial charge in [0.05, 0.1) is 32.5 Å². The zero-order chi connectivity index (χ0) is 31.7. The minimum absolute atomic E-state index is 0.000653. The van der Waals surface area contributed by atoms with Crippen molar-refractivity contribution in [1.29, 1.82) is 0 Å². The van der Waals surface area contributed by atoms with Gasteiger partial charge in [-0.2, -0.15) is 0 Å². The zero-order valence-corrected chi connectivity index (χ0v) is 28.4. The van der Waals surface area contributed by atoms with E-state index in [9.17, 15) is 9.90 Å². The zero-order valence-electron chi connectivity index (χ0n) is 27.4. The van der Waals surface area contributed by atoms with Crippen molar-refractivity contribution in [2.24, 2.45) is 11.3 Å². The molecule has 1 aromatic heterocycles. The lowest BCUT2D eigenvalue weighted by molar-refractivity contribution is -0.130. The van der Waals surface area contributed by atoms with E-state index in [1.54, 1.807) is 26.6 Å². The van der Waals surface area contributed by atoms with Gasteiger partial charge in [0, 0.05) is 31.3 Å². The van der Waals surface area contributed by atoms with Crippen LogP contribution in [0.15, 0.2) is 47.6 Å². The molecule has 2 aromatic rings. The Hall–Kier alpha value is -2.30. The molecule has 2 rings (SSSR count). The topological polar surface area (TPSA) is 100 Å². The molecule has 1 N–H and O–H groups in total. The molecule has 9 heteroatoms. The molecule has 1 heterocycles. The molecule has 0 unspecified atom stereocenters. The number of carbonyl (C=O) groups is 1. The fourth-order valence-electron chi connectivity index (χ4n) is 4.24. The van der Waals surface area contributed by atoms with Crippen LogP contribution >= 0.6 is 0 Å². The highest BCUT2D eigenvalue weighted by Gasteiger charge is 2.46. The normalized spacial score (nSPS) is 15.6. The molecule has 4 atom stereocenters. The number of nitrogens with zero attached hydrogens (tertiary/aromatic N) is 1. The number of benzene rings is 1. The van der Waals surface area contributed by atoms with Gasteiger partial charge >= 0.3 is 0 Å². The van der Waals surface area contributed by atoms with Crippen molar-refractivity contribution in [3.63, 3.8) is 0 Å². The molecular formula is C33H53NO7Si. The number of Topliss-reactive ketones (excluding diaryl/α,β-unsaturated/α-hetero) is 1. The van der Waals surface area contributed by atoms with Crippen LogP contribution in [0, 0.1) is 11.3 Å². The van der Waals surface area contributed by atoms with E-state index in [0.29, 0.717) is 31.0 Å². The lowest BCUT2D eigenvalue weighted by Crippen LogP contribution is -2.52. The Labute approximate surface area is 253 Å². The first kappa shape index (κ1) is 35.9. The Kier molecular flexibility index (Phi) is 13.2. The number of hydrogen-bond acceptors (Lipinski definition) is 8. The number of ether oxygens (including phenoxy) is 3. The Morgan fingerprint density at radius 3 is 2.33 bits per heavy atom. The number of carbonyl (C=O) groups excluding carboxylic acids is 1. The second-order valence-corrected chi connectivity index (χ2v) is 18.0. The molecule has 0 aliphatic rings. The van der Waals surface area contributed by atoms with Crippen LogP contribution in [0.5, 0.6) is 5.75 Å². The van der Waals surface area contributed by atoms with Crippen LogP contribution in [0.4, 0.5) is 0 Å². The van der Waals surface area contributed by atoms with Gasteiger partial charge in [0.25, 0.3) is 0 Å². The van der Waals surface area contributed by atoms with Gasteiger partial charge in [0.2, 0.25) is 0 Å². The van der Waals surface area contributed by atoms with Gasteiger partial charge in [-0.3, -0.25) is 4.79 Å². The monoisotopic (exact) mass is 603 g/mol. The van der Waals surface area contributed by atoms with E-state index in [1.807, 2.05) is 45.0 Å². The highest BCUT2D eigenvalue weighted by atomic mass is 28.4. The quantitative estimate of drug-likeness (QED) is 0.143. The Bertz CT molecular complexity index is 1120. The summed E-state index contributed by atoms with van der Waals surface area (Å²) in [5.41, 5.74) is 0.916. The number of rotatable bonds is 18. The number of aromatic nitrogens is 1. The van der Waals surface area contributed by atoms with Crippen molar-refractivity contribution >= 4 is 14.1 Å². The van der Waals surface area contributed by atoms with Crippen LogP contribution < -0.4 is 4.74 Å². The van der Waals surface area contributed by atoms with E-state index in [4.69, 9.17) is 23.1 Å². The largest absolute Gasteiger partial charge is 0.497 e. The van der Waals surface area contributed by atoms with Crippen LogP contribution in [-0.2, 0) is 31.7 Å². The van der Waals surface area contributed by atoms with Crippen LogP contribution in [0.2, 0.25) is 18.1 Å². The van der Waals surface area contributed by atoms with Gasteiger partial charge in [0.15, 0.2) is 14.2 Å². The van der Waals surface area contributed by atoms with E-state index in [0.717, 1.165) is 11.3 Å². The molecule has 0 fully saturated rings. The van der Waals surface area contributed by atoms with Crippen molar-refractivity contribution in [2.45, 2.75) is 104 Å². The number of oxazole rings is 1. The maximum Gasteiger partial charge on any atom is 0.196 e.